The van der Waals surface area contributed by atoms with E-state index in [4.69, 9.17) is 10.2 Å². The minimum absolute atomic E-state index is 0.00323. The molecule has 0 fully saturated rings. The summed E-state index contributed by atoms with van der Waals surface area (Å²) in [4.78, 5) is 10.3. The molecule has 0 amide bonds. The van der Waals surface area contributed by atoms with E-state index in [0.29, 0.717) is 0 Å². The molecule has 88 valence electrons. The van der Waals surface area contributed by atoms with E-state index < -0.39 is 5.97 Å². The Balaban J connectivity index is 2.28. The van der Waals surface area contributed by atoms with Crippen LogP contribution < -0.4 is 5.32 Å². The van der Waals surface area contributed by atoms with Gasteiger partial charge in [0.2, 0.25) is 0 Å². The van der Waals surface area contributed by atoms with Gasteiger partial charge < -0.3 is 15.5 Å². The van der Waals surface area contributed by atoms with Crippen LogP contribution in [0.4, 0.5) is 0 Å². The zero-order valence-corrected chi connectivity index (χ0v) is 9.31. The van der Waals surface area contributed by atoms with E-state index in [-0.39, 0.29) is 18.3 Å². The van der Waals surface area contributed by atoms with Crippen molar-refractivity contribution in [1.29, 1.82) is 0 Å². The number of hydrogen-bond acceptors (Lipinski definition) is 3. The standard InChI is InChI=1S/C12H17NO3/c1-9(13-8-12(15)16)2-3-10-4-6-11(14)7-5-10/h4-7,9,13-14H,2-3,8H2,1H3,(H,15,16). The molecule has 4 nitrogen and oxygen atoms in total. The number of aliphatic carboxylic acids is 1. The van der Waals surface area contributed by atoms with E-state index in [1.165, 1.54) is 0 Å². The zero-order valence-electron chi connectivity index (χ0n) is 9.31. The van der Waals surface area contributed by atoms with Crippen LogP contribution in [0.25, 0.3) is 0 Å². The number of hydrogen-bond donors (Lipinski definition) is 3. The number of aromatic hydroxyl groups is 1. The van der Waals surface area contributed by atoms with Crippen molar-refractivity contribution in [3.05, 3.63) is 29.8 Å². The number of carboxylic acids is 1. The second-order valence-corrected chi connectivity index (χ2v) is 3.88. The summed E-state index contributed by atoms with van der Waals surface area (Å²) in [7, 11) is 0. The molecule has 0 heterocycles. The Labute approximate surface area is 94.9 Å². The van der Waals surface area contributed by atoms with E-state index >= 15 is 0 Å². The molecule has 0 spiro atoms. The molecule has 0 aliphatic carbocycles. The predicted octanol–water partition coefficient (Wildman–Crippen LogP) is 1.39. The first-order valence-corrected chi connectivity index (χ1v) is 5.31. The Morgan fingerprint density at radius 2 is 2.00 bits per heavy atom. The van der Waals surface area contributed by atoms with Crippen molar-refractivity contribution < 1.29 is 15.0 Å². The van der Waals surface area contributed by atoms with Crippen LogP contribution in [0.2, 0.25) is 0 Å². The maximum atomic E-state index is 10.3. The molecule has 0 aromatic heterocycles. The summed E-state index contributed by atoms with van der Waals surface area (Å²) in [5, 5.41) is 20.5. The summed E-state index contributed by atoms with van der Waals surface area (Å²) >= 11 is 0. The van der Waals surface area contributed by atoms with Crippen LogP contribution in [0.3, 0.4) is 0 Å². The monoisotopic (exact) mass is 223 g/mol. The fraction of sp³-hybridized carbons (Fsp3) is 0.417. The van der Waals surface area contributed by atoms with E-state index in [1.807, 2.05) is 19.1 Å². The van der Waals surface area contributed by atoms with E-state index in [2.05, 4.69) is 5.32 Å². The number of carboxylic acid groups (broad SMARTS) is 1. The largest absolute Gasteiger partial charge is 0.508 e. The highest BCUT2D eigenvalue weighted by molar-refractivity contribution is 5.69. The number of aryl methyl sites for hydroxylation is 1. The second-order valence-electron chi connectivity index (χ2n) is 3.88. The van der Waals surface area contributed by atoms with Gasteiger partial charge in [0.15, 0.2) is 0 Å². The van der Waals surface area contributed by atoms with E-state index in [9.17, 15) is 4.79 Å². The van der Waals surface area contributed by atoms with Crippen molar-refractivity contribution >= 4 is 5.97 Å². The molecular weight excluding hydrogens is 206 g/mol. The van der Waals surface area contributed by atoms with E-state index in [1.54, 1.807) is 12.1 Å². The molecule has 0 radical (unpaired) electrons. The Morgan fingerprint density at radius 1 is 1.38 bits per heavy atom. The molecule has 1 aromatic carbocycles. The van der Waals surface area contributed by atoms with Crippen molar-refractivity contribution in [3.63, 3.8) is 0 Å². The van der Waals surface area contributed by atoms with Crippen LogP contribution >= 0.6 is 0 Å². The average molecular weight is 223 g/mol. The van der Waals surface area contributed by atoms with Crippen molar-refractivity contribution in [1.82, 2.24) is 5.32 Å². The minimum atomic E-state index is -0.837. The lowest BCUT2D eigenvalue weighted by Gasteiger charge is -2.11. The highest BCUT2D eigenvalue weighted by Crippen LogP contribution is 2.11. The van der Waals surface area contributed by atoms with Gasteiger partial charge in [-0.25, -0.2) is 0 Å². The smallest absolute Gasteiger partial charge is 0.317 e. The maximum Gasteiger partial charge on any atom is 0.317 e. The Morgan fingerprint density at radius 3 is 2.56 bits per heavy atom. The lowest BCUT2D eigenvalue weighted by molar-refractivity contribution is -0.136. The van der Waals surface area contributed by atoms with Gasteiger partial charge in [-0.2, -0.15) is 0 Å². The fourth-order valence-electron chi connectivity index (χ4n) is 1.41. The minimum Gasteiger partial charge on any atom is -0.508 e. The first kappa shape index (κ1) is 12.5. The summed E-state index contributed by atoms with van der Waals surface area (Å²) < 4.78 is 0. The number of rotatable bonds is 6. The molecule has 1 unspecified atom stereocenters. The second kappa shape index (κ2) is 6.12. The summed E-state index contributed by atoms with van der Waals surface area (Å²) in [6.07, 6.45) is 1.74. The molecule has 0 bridgehead atoms. The van der Waals surface area contributed by atoms with Crippen molar-refractivity contribution in [2.75, 3.05) is 6.54 Å². The Hall–Kier alpha value is -1.55. The molecule has 0 aliphatic rings. The quantitative estimate of drug-likeness (QED) is 0.681. The number of carbonyl (C=O) groups is 1. The molecule has 0 saturated heterocycles. The molecule has 1 rings (SSSR count). The van der Waals surface area contributed by atoms with Crippen LogP contribution in [-0.2, 0) is 11.2 Å². The lowest BCUT2D eigenvalue weighted by Crippen LogP contribution is -2.31. The van der Waals surface area contributed by atoms with Crippen LogP contribution in [0.15, 0.2) is 24.3 Å². The molecule has 1 atom stereocenters. The van der Waals surface area contributed by atoms with Crippen LogP contribution in [0.5, 0.6) is 5.75 Å². The summed E-state index contributed by atoms with van der Waals surface area (Å²) in [5.41, 5.74) is 1.14. The molecule has 0 saturated carbocycles. The Kier molecular flexibility index (Phi) is 4.79. The number of phenols is 1. The van der Waals surface area contributed by atoms with Crippen molar-refractivity contribution in [2.45, 2.75) is 25.8 Å². The summed E-state index contributed by atoms with van der Waals surface area (Å²) in [6, 6.07) is 7.23. The molecule has 3 N–H and O–H groups in total. The topological polar surface area (TPSA) is 69.6 Å². The zero-order chi connectivity index (χ0) is 12.0. The fourth-order valence-corrected chi connectivity index (χ4v) is 1.41. The highest BCUT2D eigenvalue weighted by atomic mass is 16.4. The number of phenolic OH excluding ortho intramolecular Hbond substituents is 1. The summed E-state index contributed by atoms with van der Waals surface area (Å²) in [5.74, 6) is -0.572. The van der Waals surface area contributed by atoms with Gasteiger partial charge in [0, 0.05) is 6.04 Å². The first-order chi connectivity index (χ1) is 7.58. The lowest BCUT2D eigenvalue weighted by atomic mass is 10.1. The van der Waals surface area contributed by atoms with Gasteiger partial charge in [-0.15, -0.1) is 0 Å². The predicted molar refractivity (Wildman–Crippen MR) is 61.5 cm³/mol. The molecular formula is C12H17NO3. The number of benzene rings is 1. The van der Waals surface area contributed by atoms with Gasteiger partial charge in [0.1, 0.15) is 5.75 Å². The van der Waals surface area contributed by atoms with Crippen LogP contribution in [0, 0.1) is 0 Å². The van der Waals surface area contributed by atoms with Gasteiger partial charge in [0.25, 0.3) is 0 Å². The average Bonchev–Trinajstić information content (AvgIpc) is 2.25. The van der Waals surface area contributed by atoms with Crippen LogP contribution in [-0.4, -0.2) is 28.8 Å². The molecule has 4 heteroatoms. The summed E-state index contributed by atoms with van der Waals surface area (Å²) in [6.45, 7) is 1.96. The van der Waals surface area contributed by atoms with Crippen molar-refractivity contribution in [2.24, 2.45) is 0 Å². The molecule has 1 aromatic rings. The number of nitrogens with one attached hydrogen (secondary N) is 1. The van der Waals surface area contributed by atoms with Crippen molar-refractivity contribution in [3.8, 4) is 5.75 Å². The Bertz CT molecular complexity index is 335. The first-order valence-electron chi connectivity index (χ1n) is 5.31. The molecule has 0 aliphatic heterocycles. The SMILES string of the molecule is CC(CCc1ccc(O)cc1)NCC(=O)O. The molecule has 16 heavy (non-hydrogen) atoms. The maximum absolute atomic E-state index is 10.3. The normalized spacial score (nSPS) is 12.3. The van der Waals surface area contributed by atoms with E-state index in [0.717, 1.165) is 18.4 Å². The van der Waals surface area contributed by atoms with Gasteiger partial charge in [0.05, 0.1) is 6.54 Å². The van der Waals surface area contributed by atoms with Gasteiger partial charge >= 0.3 is 5.97 Å². The third kappa shape index (κ3) is 4.79. The third-order valence-electron chi connectivity index (χ3n) is 2.40. The van der Waals surface area contributed by atoms with Crippen LogP contribution in [0.1, 0.15) is 18.9 Å². The third-order valence-corrected chi connectivity index (χ3v) is 2.40. The van der Waals surface area contributed by atoms with Gasteiger partial charge in [-0.05, 0) is 37.5 Å². The van der Waals surface area contributed by atoms with Gasteiger partial charge in [-0.3, -0.25) is 4.79 Å². The van der Waals surface area contributed by atoms with Gasteiger partial charge in [-0.1, -0.05) is 12.1 Å². The highest BCUT2D eigenvalue weighted by Gasteiger charge is 2.04.